The first kappa shape index (κ1) is 24.6. The lowest BCUT2D eigenvalue weighted by atomic mass is 9.84. The second-order valence-corrected chi connectivity index (χ2v) is 11.3. The molecule has 4 aromatic rings. The van der Waals surface area contributed by atoms with E-state index in [1.807, 2.05) is 13.8 Å². The number of nitrogens with zero attached hydrogens (tertiary/aromatic N) is 4. The number of aryl methyl sites for hydroxylation is 1. The molecule has 3 aromatic heterocycles. The van der Waals surface area contributed by atoms with Crippen molar-refractivity contribution in [3.8, 4) is 11.4 Å². The van der Waals surface area contributed by atoms with Crippen LogP contribution in [0.3, 0.4) is 0 Å². The zero-order valence-corrected chi connectivity index (χ0v) is 21.2. The lowest BCUT2D eigenvalue weighted by molar-refractivity contribution is 0.138. The van der Waals surface area contributed by atoms with Gasteiger partial charge in [0, 0.05) is 29.3 Å². The van der Waals surface area contributed by atoms with E-state index in [2.05, 4.69) is 20.3 Å². The van der Waals surface area contributed by atoms with Crippen LogP contribution in [-0.2, 0) is 10.0 Å². The summed E-state index contributed by atoms with van der Waals surface area (Å²) in [4.78, 5) is 12.8. The molecule has 187 valence electrons. The highest BCUT2D eigenvalue weighted by Gasteiger charge is 2.30. The average Bonchev–Trinajstić information content (AvgIpc) is 3.23. The second kappa shape index (κ2) is 9.42. The highest BCUT2D eigenvalue weighted by molar-refractivity contribution is 7.90. The lowest BCUT2D eigenvalue weighted by Crippen LogP contribution is -2.40. The van der Waals surface area contributed by atoms with E-state index in [1.54, 1.807) is 18.2 Å². The van der Waals surface area contributed by atoms with Gasteiger partial charge in [0.1, 0.15) is 0 Å². The van der Waals surface area contributed by atoms with Crippen LogP contribution in [0.4, 0.5) is 10.2 Å². The normalized spacial score (nSPS) is 19.0. The molecule has 1 saturated carbocycles. The zero-order chi connectivity index (χ0) is 25.6. The van der Waals surface area contributed by atoms with Crippen LogP contribution in [0.1, 0.15) is 31.7 Å². The predicted molar refractivity (Wildman–Crippen MR) is 136 cm³/mol. The number of pyridine rings is 1. The quantitative estimate of drug-likeness (QED) is 0.384. The summed E-state index contributed by atoms with van der Waals surface area (Å²) in [5, 5.41) is 14.2. The molecule has 3 heterocycles. The predicted octanol–water partition coefficient (Wildman–Crippen LogP) is 4.75. The minimum atomic E-state index is -4.01. The zero-order valence-electron chi connectivity index (χ0n) is 19.6. The molecule has 8 nitrogen and oxygen atoms in total. The summed E-state index contributed by atoms with van der Waals surface area (Å²) < 4.78 is 42.7. The van der Waals surface area contributed by atoms with Gasteiger partial charge in [-0.1, -0.05) is 42.6 Å². The molecule has 0 spiro atoms. The molecule has 1 radical (unpaired) electrons. The number of aromatic nitrogens is 4. The molecule has 1 fully saturated rings. The van der Waals surface area contributed by atoms with Crippen molar-refractivity contribution in [2.24, 2.45) is 0 Å². The Kier molecular flexibility index (Phi) is 6.44. The van der Waals surface area contributed by atoms with E-state index in [1.165, 1.54) is 24.5 Å². The Morgan fingerprint density at radius 3 is 2.67 bits per heavy atom. The third-order valence-electron chi connectivity index (χ3n) is 6.44. The summed E-state index contributed by atoms with van der Waals surface area (Å²) in [6.45, 7) is 3.74. The molecule has 2 unspecified atom stereocenters. The Hall–Kier alpha value is -3.08. The smallest absolute Gasteiger partial charge is 0.269 e. The van der Waals surface area contributed by atoms with E-state index in [-0.39, 0.29) is 22.2 Å². The SMILES string of the molecule is C[C]1CCCC(Nc2nc(-c3cn(S(=O)(=O)c4ccc(C)cc4)c4ncc(Cl)cc34)ncc2F)C1O. The van der Waals surface area contributed by atoms with E-state index in [0.29, 0.717) is 22.4 Å². The Labute approximate surface area is 213 Å². The van der Waals surface area contributed by atoms with Crippen LogP contribution in [0.15, 0.2) is 53.8 Å². The van der Waals surface area contributed by atoms with E-state index < -0.39 is 28.0 Å². The van der Waals surface area contributed by atoms with Crippen molar-refractivity contribution in [1.29, 1.82) is 0 Å². The molecule has 0 aliphatic heterocycles. The average molecular weight is 529 g/mol. The van der Waals surface area contributed by atoms with E-state index in [9.17, 15) is 17.9 Å². The first-order chi connectivity index (χ1) is 17.1. The monoisotopic (exact) mass is 528 g/mol. The van der Waals surface area contributed by atoms with Gasteiger partial charge in [0.05, 0.1) is 28.3 Å². The highest BCUT2D eigenvalue weighted by Crippen LogP contribution is 2.33. The molecule has 1 aromatic carbocycles. The fourth-order valence-corrected chi connectivity index (χ4v) is 5.90. The van der Waals surface area contributed by atoms with Gasteiger partial charge in [-0.15, -0.1) is 0 Å². The first-order valence-electron chi connectivity index (χ1n) is 11.4. The van der Waals surface area contributed by atoms with Crippen molar-refractivity contribution in [1.82, 2.24) is 18.9 Å². The number of fused-ring (bicyclic) bond motifs is 1. The number of aliphatic hydroxyl groups is 1. The van der Waals surface area contributed by atoms with Gasteiger partial charge in [0.25, 0.3) is 10.0 Å². The van der Waals surface area contributed by atoms with Crippen molar-refractivity contribution in [2.45, 2.75) is 50.2 Å². The van der Waals surface area contributed by atoms with Gasteiger partial charge >= 0.3 is 0 Å². The van der Waals surface area contributed by atoms with Crippen LogP contribution in [-0.4, -0.2) is 44.6 Å². The molecule has 1 aliphatic carbocycles. The molecular weight excluding hydrogens is 505 g/mol. The van der Waals surface area contributed by atoms with Crippen molar-refractivity contribution in [3.63, 3.8) is 0 Å². The van der Waals surface area contributed by atoms with Crippen molar-refractivity contribution in [2.75, 3.05) is 5.32 Å². The summed E-state index contributed by atoms with van der Waals surface area (Å²) in [5.74, 6) is 0.271. The number of hydrogen-bond acceptors (Lipinski definition) is 7. The molecule has 0 saturated heterocycles. The molecule has 5 rings (SSSR count). The summed E-state index contributed by atoms with van der Waals surface area (Å²) in [7, 11) is -4.01. The van der Waals surface area contributed by atoms with E-state index in [4.69, 9.17) is 11.6 Å². The van der Waals surface area contributed by atoms with Gasteiger partial charge in [-0.2, -0.15) is 0 Å². The van der Waals surface area contributed by atoms with Crippen LogP contribution in [0.5, 0.6) is 0 Å². The number of halogens is 2. The number of rotatable bonds is 5. The Balaban J connectivity index is 1.61. The molecule has 36 heavy (non-hydrogen) atoms. The van der Waals surface area contributed by atoms with Crippen molar-refractivity contribution in [3.05, 3.63) is 71.2 Å². The fraction of sp³-hybridized carbons (Fsp3) is 0.280. The van der Waals surface area contributed by atoms with Gasteiger partial charge in [-0.05, 0) is 38.0 Å². The molecular formula is C25H24ClFN5O3S. The van der Waals surface area contributed by atoms with E-state index in [0.717, 1.165) is 34.5 Å². The number of benzene rings is 1. The standard InChI is InChI=1S/C25H24ClFN5O3S/c1-14-6-8-17(9-7-14)36(34,35)32-13-19(18-10-16(26)11-29-25(18)32)23-28-12-20(27)24(31-23)30-21-5-3-4-15(2)22(21)33/h6-13,21-22,33H,3-5H2,1-2H3,(H,28,30,31). The molecule has 0 amide bonds. The fourth-order valence-electron chi connectivity index (χ4n) is 4.41. The summed E-state index contributed by atoms with van der Waals surface area (Å²) in [5.41, 5.74) is 1.39. The van der Waals surface area contributed by atoms with Crippen molar-refractivity contribution >= 4 is 38.5 Å². The Morgan fingerprint density at radius 2 is 1.92 bits per heavy atom. The van der Waals surface area contributed by atoms with E-state index >= 15 is 0 Å². The lowest BCUT2D eigenvalue weighted by Gasteiger charge is -2.33. The molecule has 2 N–H and O–H groups in total. The molecule has 2 atom stereocenters. The summed E-state index contributed by atoms with van der Waals surface area (Å²) in [6.07, 6.45) is 5.37. The Morgan fingerprint density at radius 1 is 1.17 bits per heavy atom. The van der Waals surface area contributed by atoms with Gasteiger partial charge in [0.15, 0.2) is 23.1 Å². The third-order valence-corrected chi connectivity index (χ3v) is 8.31. The van der Waals surface area contributed by atoms with Crippen LogP contribution >= 0.6 is 11.6 Å². The molecule has 11 heteroatoms. The minimum Gasteiger partial charge on any atom is -0.390 e. The largest absolute Gasteiger partial charge is 0.390 e. The van der Waals surface area contributed by atoms with Gasteiger partial charge in [-0.25, -0.2) is 31.7 Å². The van der Waals surface area contributed by atoms with Gasteiger partial charge in [-0.3, -0.25) is 0 Å². The maximum atomic E-state index is 14.7. The topological polar surface area (TPSA) is 110 Å². The van der Waals surface area contributed by atoms with Crippen LogP contribution in [0.25, 0.3) is 22.4 Å². The minimum absolute atomic E-state index is 0.0731. The molecule has 1 aliphatic rings. The molecule has 0 bridgehead atoms. The van der Waals surface area contributed by atoms with Gasteiger partial charge < -0.3 is 10.4 Å². The maximum absolute atomic E-state index is 14.7. The Bertz CT molecular complexity index is 1540. The first-order valence-corrected chi connectivity index (χ1v) is 13.3. The summed E-state index contributed by atoms with van der Waals surface area (Å²) in [6, 6.07) is 7.65. The highest BCUT2D eigenvalue weighted by atomic mass is 35.5. The van der Waals surface area contributed by atoms with Crippen LogP contribution in [0.2, 0.25) is 5.02 Å². The number of nitrogens with one attached hydrogen (secondary N) is 1. The van der Waals surface area contributed by atoms with Crippen LogP contribution < -0.4 is 5.32 Å². The second-order valence-electron chi connectivity index (χ2n) is 9.01. The summed E-state index contributed by atoms with van der Waals surface area (Å²) >= 11 is 6.19. The number of aliphatic hydroxyl groups excluding tert-OH is 1. The number of hydrogen-bond donors (Lipinski definition) is 2. The number of anilines is 1. The maximum Gasteiger partial charge on any atom is 0.269 e. The van der Waals surface area contributed by atoms with Crippen molar-refractivity contribution < 1.29 is 17.9 Å². The third kappa shape index (κ3) is 4.44. The van der Waals surface area contributed by atoms with Crippen LogP contribution in [0, 0.1) is 18.7 Å². The van der Waals surface area contributed by atoms with Gasteiger partial charge in [0.2, 0.25) is 0 Å².